The van der Waals surface area contributed by atoms with Crippen molar-refractivity contribution in [1.29, 1.82) is 0 Å². The number of halogens is 2. The fraction of sp³-hybridized carbons (Fsp3) is 0.0526. The molecule has 2 heterocycles. The molecule has 4 rings (SSSR count). The summed E-state index contributed by atoms with van der Waals surface area (Å²) in [5.74, 6) is -1.03. The van der Waals surface area contributed by atoms with Crippen LogP contribution in [0.25, 0.3) is 22.7 Å². The van der Waals surface area contributed by atoms with Gasteiger partial charge in [-0.05, 0) is 36.4 Å². The normalized spacial score (nSPS) is 10.8. The number of amides is 1. The lowest BCUT2D eigenvalue weighted by Crippen LogP contribution is -2.13. The molecule has 4 aromatic rings. The van der Waals surface area contributed by atoms with Crippen LogP contribution in [-0.4, -0.2) is 26.8 Å². The van der Waals surface area contributed by atoms with Crippen molar-refractivity contribution in [2.75, 3.05) is 11.1 Å². The van der Waals surface area contributed by atoms with Gasteiger partial charge in [0.25, 0.3) is 11.1 Å². The second-order valence-corrected chi connectivity index (χ2v) is 7.52. The number of carbonyl (C=O) groups is 1. The van der Waals surface area contributed by atoms with E-state index in [0.717, 1.165) is 17.3 Å². The van der Waals surface area contributed by atoms with Crippen molar-refractivity contribution in [3.05, 3.63) is 65.5 Å². The molecule has 0 atom stereocenters. The van der Waals surface area contributed by atoms with Crippen LogP contribution in [0.5, 0.6) is 0 Å². The molecule has 0 unspecified atom stereocenters. The summed E-state index contributed by atoms with van der Waals surface area (Å²) in [6.07, 6.45) is 0. The highest BCUT2D eigenvalue weighted by atomic mass is 32.2. The van der Waals surface area contributed by atoms with E-state index in [1.165, 1.54) is 35.6 Å². The number of hydrogen-bond acceptors (Lipinski definition) is 7. The zero-order valence-electron chi connectivity index (χ0n) is 14.6. The number of anilines is 1. The topological polar surface area (TPSA) is 80.9 Å². The molecule has 0 aliphatic rings. The minimum Gasteiger partial charge on any atom is -0.411 e. The van der Waals surface area contributed by atoms with E-state index in [0.29, 0.717) is 10.8 Å². The molecule has 1 amide bonds. The summed E-state index contributed by atoms with van der Waals surface area (Å²) < 4.78 is 32.2. The van der Waals surface area contributed by atoms with Crippen LogP contribution in [0.4, 0.5) is 13.9 Å². The summed E-state index contributed by atoms with van der Waals surface area (Å²) in [5.41, 5.74) is 1.60. The van der Waals surface area contributed by atoms with Gasteiger partial charge in [0, 0.05) is 10.9 Å². The van der Waals surface area contributed by atoms with Crippen molar-refractivity contribution in [2.45, 2.75) is 5.22 Å². The first-order chi connectivity index (χ1) is 14.1. The Bertz CT molecular complexity index is 1150. The maximum Gasteiger partial charge on any atom is 0.277 e. The van der Waals surface area contributed by atoms with Gasteiger partial charge in [-0.25, -0.2) is 13.8 Å². The smallest absolute Gasteiger partial charge is 0.277 e. The minimum absolute atomic E-state index is 0.0182. The lowest BCUT2D eigenvalue weighted by Gasteiger charge is -1.99. The van der Waals surface area contributed by atoms with Crippen LogP contribution in [0.2, 0.25) is 0 Å². The number of carbonyl (C=O) groups excluding carboxylic acids is 1. The number of thiazole rings is 1. The van der Waals surface area contributed by atoms with Crippen LogP contribution in [0, 0.1) is 11.6 Å². The van der Waals surface area contributed by atoms with Gasteiger partial charge in [0.05, 0.1) is 17.0 Å². The van der Waals surface area contributed by atoms with Gasteiger partial charge in [-0.15, -0.1) is 21.5 Å². The standard InChI is InChI=1S/C19H12F2N4O2S2/c20-12-7-5-11(6-8-12)15-9-28-18(22-15)23-16(26)10-29-19-25-24-17(27-19)13-3-1-2-4-14(13)21/h1-9H,10H2,(H,22,23,26). The van der Waals surface area contributed by atoms with Crippen LogP contribution in [-0.2, 0) is 4.79 Å². The summed E-state index contributed by atoms with van der Waals surface area (Å²) in [5, 5.41) is 12.7. The Balaban J connectivity index is 1.34. The summed E-state index contributed by atoms with van der Waals surface area (Å²) in [6.45, 7) is 0. The molecule has 2 aromatic heterocycles. The predicted octanol–water partition coefficient (Wildman–Crippen LogP) is 4.87. The van der Waals surface area contributed by atoms with E-state index in [4.69, 9.17) is 4.42 Å². The highest BCUT2D eigenvalue weighted by Gasteiger charge is 2.15. The van der Waals surface area contributed by atoms with Gasteiger partial charge < -0.3 is 9.73 Å². The van der Waals surface area contributed by atoms with Crippen molar-refractivity contribution in [2.24, 2.45) is 0 Å². The quantitative estimate of drug-likeness (QED) is 0.440. The van der Waals surface area contributed by atoms with E-state index in [9.17, 15) is 13.6 Å². The van der Waals surface area contributed by atoms with Gasteiger partial charge in [-0.3, -0.25) is 4.79 Å². The third-order valence-electron chi connectivity index (χ3n) is 3.73. The second-order valence-electron chi connectivity index (χ2n) is 5.73. The molecule has 10 heteroatoms. The second kappa shape index (κ2) is 8.50. The number of aromatic nitrogens is 3. The summed E-state index contributed by atoms with van der Waals surface area (Å²) >= 11 is 2.30. The number of nitrogens with one attached hydrogen (secondary N) is 1. The van der Waals surface area contributed by atoms with Crippen molar-refractivity contribution < 1.29 is 18.0 Å². The molecule has 2 aromatic carbocycles. The molecule has 0 saturated heterocycles. The first-order valence-electron chi connectivity index (χ1n) is 8.31. The molecule has 29 heavy (non-hydrogen) atoms. The van der Waals surface area contributed by atoms with Crippen molar-refractivity contribution in [3.63, 3.8) is 0 Å². The predicted molar refractivity (Wildman–Crippen MR) is 107 cm³/mol. The van der Waals surface area contributed by atoms with Crippen LogP contribution >= 0.6 is 23.1 Å². The summed E-state index contributed by atoms with van der Waals surface area (Å²) in [4.78, 5) is 16.5. The van der Waals surface area contributed by atoms with E-state index in [1.807, 2.05) is 0 Å². The number of benzene rings is 2. The monoisotopic (exact) mass is 430 g/mol. The van der Waals surface area contributed by atoms with Gasteiger partial charge in [-0.1, -0.05) is 23.9 Å². The highest BCUT2D eigenvalue weighted by Crippen LogP contribution is 2.27. The van der Waals surface area contributed by atoms with Gasteiger partial charge in [0.2, 0.25) is 5.91 Å². The Morgan fingerprint density at radius 3 is 2.69 bits per heavy atom. The zero-order valence-corrected chi connectivity index (χ0v) is 16.3. The molecule has 1 N–H and O–H groups in total. The Kier molecular flexibility index (Phi) is 5.63. The fourth-order valence-electron chi connectivity index (χ4n) is 2.38. The van der Waals surface area contributed by atoms with E-state index >= 15 is 0 Å². The Morgan fingerprint density at radius 1 is 1.10 bits per heavy atom. The fourth-order valence-corrected chi connectivity index (χ4v) is 3.68. The molecule has 0 radical (unpaired) electrons. The lowest BCUT2D eigenvalue weighted by atomic mass is 10.2. The molecular formula is C19H12F2N4O2S2. The summed E-state index contributed by atoms with van der Waals surface area (Å²) in [6, 6.07) is 12.0. The average molecular weight is 430 g/mol. The number of nitrogens with zero attached hydrogens (tertiary/aromatic N) is 3. The third kappa shape index (κ3) is 4.66. The van der Waals surface area contributed by atoms with Crippen LogP contribution in [0.3, 0.4) is 0 Å². The minimum atomic E-state index is -0.467. The van der Waals surface area contributed by atoms with Crippen molar-refractivity contribution in [1.82, 2.24) is 15.2 Å². The molecule has 6 nitrogen and oxygen atoms in total. The molecule has 0 aliphatic heterocycles. The van der Waals surface area contributed by atoms with Crippen LogP contribution in [0.1, 0.15) is 0 Å². The Labute approximate surface area is 172 Å². The number of rotatable bonds is 6. The first kappa shape index (κ1) is 19.2. The largest absolute Gasteiger partial charge is 0.411 e. The number of hydrogen-bond donors (Lipinski definition) is 1. The van der Waals surface area contributed by atoms with Gasteiger partial charge in [0.15, 0.2) is 5.13 Å². The molecule has 146 valence electrons. The Hall–Kier alpha value is -3.11. The molecular weight excluding hydrogens is 418 g/mol. The van der Waals surface area contributed by atoms with E-state index < -0.39 is 5.82 Å². The molecule has 0 spiro atoms. The van der Waals surface area contributed by atoms with Crippen molar-refractivity contribution >= 4 is 34.1 Å². The molecule has 0 aliphatic carbocycles. The van der Waals surface area contributed by atoms with Crippen LogP contribution < -0.4 is 5.32 Å². The highest BCUT2D eigenvalue weighted by molar-refractivity contribution is 7.99. The maximum absolute atomic E-state index is 13.8. The number of thioether (sulfide) groups is 1. The van der Waals surface area contributed by atoms with E-state index in [-0.39, 0.29) is 34.2 Å². The first-order valence-corrected chi connectivity index (χ1v) is 10.2. The van der Waals surface area contributed by atoms with E-state index in [1.54, 1.807) is 29.6 Å². The summed E-state index contributed by atoms with van der Waals surface area (Å²) in [7, 11) is 0. The Morgan fingerprint density at radius 2 is 1.90 bits per heavy atom. The SMILES string of the molecule is O=C(CSc1nnc(-c2ccccc2F)o1)Nc1nc(-c2ccc(F)cc2)cs1. The van der Waals surface area contributed by atoms with Gasteiger partial charge in [0.1, 0.15) is 11.6 Å². The zero-order chi connectivity index (χ0) is 20.2. The average Bonchev–Trinajstić information content (AvgIpc) is 3.37. The van der Waals surface area contributed by atoms with Gasteiger partial charge >= 0.3 is 0 Å². The molecule has 0 bridgehead atoms. The molecule has 0 saturated carbocycles. The van der Waals surface area contributed by atoms with Crippen molar-refractivity contribution in [3.8, 4) is 22.7 Å². The maximum atomic E-state index is 13.8. The van der Waals surface area contributed by atoms with Crippen LogP contribution in [0.15, 0.2) is 63.6 Å². The molecule has 0 fully saturated rings. The van der Waals surface area contributed by atoms with Gasteiger partial charge in [-0.2, -0.15) is 0 Å². The third-order valence-corrected chi connectivity index (χ3v) is 5.30. The lowest BCUT2D eigenvalue weighted by molar-refractivity contribution is -0.113. The van der Waals surface area contributed by atoms with E-state index in [2.05, 4.69) is 20.5 Å².